The number of rotatable bonds is 7. The Kier molecular flexibility index (Phi) is 7.09. The quantitative estimate of drug-likeness (QED) is 0.460. The number of hydrogen-bond acceptors (Lipinski definition) is 2. The van der Waals surface area contributed by atoms with Crippen LogP contribution >= 0.6 is 11.6 Å². The van der Waals surface area contributed by atoms with Gasteiger partial charge in [-0.3, -0.25) is 0 Å². The summed E-state index contributed by atoms with van der Waals surface area (Å²) in [6, 6.07) is 18.2. The van der Waals surface area contributed by atoms with Gasteiger partial charge in [-0.15, -0.1) is 0 Å². The maximum atomic E-state index is 6.32. The summed E-state index contributed by atoms with van der Waals surface area (Å²) in [5.41, 5.74) is 2.28. The van der Waals surface area contributed by atoms with E-state index in [9.17, 15) is 0 Å². The zero-order valence-corrected chi connectivity index (χ0v) is 17.0. The van der Waals surface area contributed by atoms with Gasteiger partial charge in [0.15, 0.2) is 5.96 Å². The van der Waals surface area contributed by atoms with Gasteiger partial charge in [0.2, 0.25) is 0 Å². The molecule has 28 heavy (non-hydrogen) atoms. The van der Waals surface area contributed by atoms with Crippen LogP contribution < -0.4 is 10.6 Å². The summed E-state index contributed by atoms with van der Waals surface area (Å²) in [5, 5.41) is 7.46. The monoisotopic (exact) mass is 395 g/mol. The van der Waals surface area contributed by atoms with Crippen molar-refractivity contribution in [2.75, 3.05) is 6.54 Å². The second kappa shape index (κ2) is 9.95. The van der Waals surface area contributed by atoms with Crippen LogP contribution in [0.2, 0.25) is 5.02 Å². The molecule has 1 heterocycles. The molecule has 3 aromatic rings. The topological polar surface area (TPSA) is 54.2 Å². The summed E-state index contributed by atoms with van der Waals surface area (Å²) in [6.45, 7) is 6.17. The van der Waals surface area contributed by atoms with Crippen LogP contribution in [0, 0.1) is 0 Å². The summed E-state index contributed by atoms with van der Waals surface area (Å²) in [4.78, 5) is 9.20. The molecule has 0 saturated heterocycles. The molecule has 1 atom stereocenters. The normalized spacial score (nSPS) is 12.6. The zero-order valence-electron chi connectivity index (χ0n) is 16.3. The lowest BCUT2D eigenvalue weighted by Gasteiger charge is -2.19. The van der Waals surface area contributed by atoms with E-state index < -0.39 is 0 Å². The average Bonchev–Trinajstić information content (AvgIpc) is 3.14. The first kappa shape index (κ1) is 20.0. The number of nitrogens with zero attached hydrogens (tertiary/aromatic N) is 3. The van der Waals surface area contributed by atoms with E-state index in [4.69, 9.17) is 16.6 Å². The third-order valence-electron chi connectivity index (χ3n) is 4.45. The molecule has 1 aromatic heterocycles. The van der Waals surface area contributed by atoms with E-state index >= 15 is 0 Å². The summed E-state index contributed by atoms with van der Waals surface area (Å²) in [5.74, 6) is 1.66. The molecule has 0 radical (unpaired) electrons. The molecule has 6 heteroatoms. The van der Waals surface area contributed by atoms with Gasteiger partial charge in [0.05, 0.1) is 6.04 Å². The molecule has 2 N–H and O–H groups in total. The lowest BCUT2D eigenvalue weighted by atomic mass is 10.1. The van der Waals surface area contributed by atoms with Crippen LogP contribution in [0.4, 0.5) is 0 Å². The molecule has 0 bridgehead atoms. The summed E-state index contributed by atoms with van der Waals surface area (Å²) in [7, 11) is 0. The first-order valence-corrected chi connectivity index (χ1v) is 9.88. The second-order valence-electron chi connectivity index (χ2n) is 6.54. The molecule has 3 rings (SSSR count). The minimum atomic E-state index is 0.0376. The van der Waals surface area contributed by atoms with Crippen molar-refractivity contribution in [1.29, 1.82) is 0 Å². The molecular formula is C22H26ClN5. The summed E-state index contributed by atoms with van der Waals surface area (Å²) < 4.78 is 2.12. The fourth-order valence-corrected chi connectivity index (χ4v) is 3.29. The average molecular weight is 396 g/mol. The first-order chi connectivity index (χ1) is 13.7. The number of nitrogens with one attached hydrogen (secondary N) is 2. The number of aliphatic imine (C=N–C) groups is 1. The molecule has 0 fully saturated rings. The van der Waals surface area contributed by atoms with Gasteiger partial charge in [0.1, 0.15) is 12.4 Å². The van der Waals surface area contributed by atoms with Crippen molar-refractivity contribution < 1.29 is 0 Å². The van der Waals surface area contributed by atoms with Crippen molar-refractivity contribution in [3.8, 4) is 0 Å². The second-order valence-corrected chi connectivity index (χ2v) is 6.95. The van der Waals surface area contributed by atoms with E-state index in [0.29, 0.717) is 6.54 Å². The van der Waals surface area contributed by atoms with E-state index in [1.54, 1.807) is 0 Å². The summed E-state index contributed by atoms with van der Waals surface area (Å²) in [6.07, 6.45) is 3.81. The maximum Gasteiger partial charge on any atom is 0.192 e. The van der Waals surface area contributed by atoms with Crippen molar-refractivity contribution in [3.05, 3.63) is 89.0 Å². The molecule has 0 amide bonds. The highest BCUT2D eigenvalue weighted by Crippen LogP contribution is 2.22. The molecule has 0 saturated carbocycles. The Bertz CT molecular complexity index is 904. The van der Waals surface area contributed by atoms with Crippen molar-refractivity contribution >= 4 is 17.6 Å². The largest absolute Gasteiger partial charge is 0.357 e. The van der Waals surface area contributed by atoms with Gasteiger partial charge in [0.25, 0.3) is 0 Å². The van der Waals surface area contributed by atoms with Crippen molar-refractivity contribution in [2.45, 2.75) is 33.0 Å². The Labute approximate surface area is 171 Å². The Morgan fingerprint density at radius 1 is 1.14 bits per heavy atom. The predicted molar refractivity (Wildman–Crippen MR) is 116 cm³/mol. The molecule has 0 spiro atoms. The molecule has 5 nitrogen and oxygen atoms in total. The number of aromatic nitrogens is 2. The van der Waals surface area contributed by atoms with Crippen molar-refractivity contribution in [3.63, 3.8) is 0 Å². The maximum absolute atomic E-state index is 6.32. The molecular weight excluding hydrogens is 370 g/mol. The van der Waals surface area contributed by atoms with E-state index in [2.05, 4.69) is 39.2 Å². The lowest BCUT2D eigenvalue weighted by Crippen LogP contribution is -2.38. The van der Waals surface area contributed by atoms with E-state index in [1.165, 1.54) is 5.56 Å². The van der Waals surface area contributed by atoms with E-state index in [0.717, 1.165) is 35.5 Å². The number of benzene rings is 2. The van der Waals surface area contributed by atoms with Crippen LogP contribution in [-0.4, -0.2) is 22.1 Å². The van der Waals surface area contributed by atoms with E-state index in [1.807, 2.05) is 61.8 Å². The van der Waals surface area contributed by atoms with E-state index in [-0.39, 0.29) is 6.04 Å². The van der Waals surface area contributed by atoms with Gasteiger partial charge in [-0.2, -0.15) is 0 Å². The van der Waals surface area contributed by atoms with Crippen LogP contribution in [0.3, 0.4) is 0 Å². The van der Waals surface area contributed by atoms with Crippen LogP contribution in [0.1, 0.15) is 36.8 Å². The predicted octanol–water partition coefficient (Wildman–Crippen LogP) is 4.40. The smallest absolute Gasteiger partial charge is 0.192 e. The SMILES string of the molecule is CCNC(=NCc1nccn1Cc1ccccc1)NC(C)c1ccccc1Cl. The standard InChI is InChI=1S/C22H26ClN5/c1-3-24-22(27-17(2)19-11-7-8-12-20(19)23)26-15-21-25-13-14-28(21)16-18-9-5-4-6-10-18/h4-14,17H,3,15-16H2,1-2H3,(H2,24,26,27). The Balaban J connectivity index is 1.70. The van der Waals surface area contributed by atoms with Gasteiger partial charge in [-0.1, -0.05) is 60.1 Å². The first-order valence-electron chi connectivity index (χ1n) is 9.50. The number of halogens is 1. The van der Waals surface area contributed by atoms with Crippen molar-refractivity contribution in [2.24, 2.45) is 4.99 Å². The van der Waals surface area contributed by atoms with Gasteiger partial charge in [-0.05, 0) is 31.0 Å². The van der Waals surface area contributed by atoms with Crippen LogP contribution in [-0.2, 0) is 13.1 Å². The third kappa shape index (κ3) is 5.36. The highest BCUT2D eigenvalue weighted by atomic mass is 35.5. The Morgan fingerprint density at radius 3 is 2.64 bits per heavy atom. The Hall–Kier alpha value is -2.79. The molecule has 2 aromatic carbocycles. The Morgan fingerprint density at radius 2 is 1.89 bits per heavy atom. The molecule has 0 aliphatic rings. The molecule has 146 valence electrons. The zero-order chi connectivity index (χ0) is 19.8. The van der Waals surface area contributed by atoms with Crippen LogP contribution in [0.15, 0.2) is 72.0 Å². The van der Waals surface area contributed by atoms with Gasteiger partial charge < -0.3 is 15.2 Å². The van der Waals surface area contributed by atoms with Gasteiger partial charge in [-0.25, -0.2) is 9.98 Å². The van der Waals surface area contributed by atoms with Crippen LogP contribution in [0.25, 0.3) is 0 Å². The van der Waals surface area contributed by atoms with Gasteiger partial charge in [0, 0.05) is 30.5 Å². The van der Waals surface area contributed by atoms with Gasteiger partial charge >= 0.3 is 0 Å². The lowest BCUT2D eigenvalue weighted by molar-refractivity contribution is 0.677. The third-order valence-corrected chi connectivity index (χ3v) is 4.79. The fourth-order valence-electron chi connectivity index (χ4n) is 2.99. The number of imidazole rings is 1. The highest BCUT2D eigenvalue weighted by Gasteiger charge is 2.11. The molecule has 0 aliphatic carbocycles. The minimum Gasteiger partial charge on any atom is -0.357 e. The van der Waals surface area contributed by atoms with Crippen molar-refractivity contribution in [1.82, 2.24) is 20.2 Å². The number of hydrogen-bond donors (Lipinski definition) is 2. The summed E-state index contributed by atoms with van der Waals surface area (Å²) >= 11 is 6.32. The fraction of sp³-hybridized carbons (Fsp3) is 0.273. The minimum absolute atomic E-state index is 0.0376. The molecule has 0 aliphatic heterocycles. The highest BCUT2D eigenvalue weighted by molar-refractivity contribution is 6.31. The van der Waals surface area contributed by atoms with Crippen LogP contribution in [0.5, 0.6) is 0 Å². The number of guanidine groups is 1. The molecule has 1 unspecified atom stereocenters.